The quantitative estimate of drug-likeness (QED) is 0.242. The molecule has 4 aromatic carbocycles. The first kappa shape index (κ1) is 24.1. The number of allylic oxidation sites excluding steroid dienone is 7. The van der Waals surface area contributed by atoms with E-state index < -0.39 is 0 Å². The zero-order chi connectivity index (χ0) is 28.3. The molecule has 4 aromatic rings. The van der Waals surface area contributed by atoms with E-state index in [9.17, 15) is 4.39 Å². The van der Waals surface area contributed by atoms with Crippen LogP contribution in [-0.2, 0) is 5.41 Å². The monoisotopic (exact) mass is 557 g/mol. The molecule has 1 spiro atoms. The lowest BCUT2D eigenvalue weighted by atomic mass is 9.71. The fourth-order valence-electron chi connectivity index (χ4n) is 9.87. The Morgan fingerprint density at radius 1 is 0.744 bits per heavy atom. The van der Waals surface area contributed by atoms with Gasteiger partial charge in [0.25, 0.3) is 0 Å². The minimum Gasteiger partial charge on any atom is -0.338 e. The van der Waals surface area contributed by atoms with Crippen LogP contribution >= 0.6 is 0 Å². The fraction of sp³-hybridized carbons (Fsp3) is 0.220. The molecular formula is C41H32FN. The van der Waals surface area contributed by atoms with Gasteiger partial charge in [0.2, 0.25) is 0 Å². The Morgan fingerprint density at radius 3 is 2.49 bits per heavy atom. The zero-order valence-electron chi connectivity index (χ0n) is 24.0. The highest BCUT2D eigenvalue weighted by Crippen LogP contribution is 2.71. The highest BCUT2D eigenvalue weighted by molar-refractivity contribution is 6.02. The first-order chi connectivity index (χ1) is 21.2. The summed E-state index contributed by atoms with van der Waals surface area (Å²) in [5.41, 5.74) is 15.1. The van der Waals surface area contributed by atoms with Gasteiger partial charge < -0.3 is 4.90 Å². The normalized spacial score (nSPS) is 27.9. The van der Waals surface area contributed by atoms with Crippen molar-refractivity contribution in [3.8, 4) is 11.1 Å². The molecule has 1 saturated carbocycles. The van der Waals surface area contributed by atoms with Gasteiger partial charge in [0.15, 0.2) is 0 Å². The summed E-state index contributed by atoms with van der Waals surface area (Å²) in [5, 5.41) is 0. The summed E-state index contributed by atoms with van der Waals surface area (Å²) >= 11 is 0. The van der Waals surface area contributed by atoms with E-state index in [0.717, 1.165) is 18.5 Å². The molecule has 0 saturated heterocycles. The standard InChI is InChI=1S/C41H32FN/c42-26-18-20-27(21-19-26)43(38-17-5-9-25-8-1-2-10-29(25)38)28-22-23-31-33-13-7-15-35-34-14-6-12-32-30-11-3-4-16-36(30)41(39(32)34,40(33)35)37(31)24-28/h1-4,6-8,10-12,14-16,18-25,29,33,38H,5,9,13,17H2/t25-,29?,33?,38?,41+/m1/s1. The molecule has 1 fully saturated rings. The second-order valence-electron chi connectivity index (χ2n) is 13.2. The molecule has 6 aliphatic rings. The molecule has 3 unspecified atom stereocenters. The number of fused-ring (bicyclic) bond motifs is 6. The van der Waals surface area contributed by atoms with Crippen molar-refractivity contribution in [3.05, 3.63) is 161 Å². The Kier molecular flexibility index (Phi) is 4.79. The predicted molar refractivity (Wildman–Crippen MR) is 173 cm³/mol. The van der Waals surface area contributed by atoms with E-state index in [1.165, 1.54) is 63.0 Å². The van der Waals surface area contributed by atoms with Gasteiger partial charge in [-0.15, -0.1) is 0 Å². The van der Waals surface area contributed by atoms with Crippen LogP contribution in [0.2, 0.25) is 0 Å². The summed E-state index contributed by atoms with van der Waals surface area (Å²) in [7, 11) is 0. The van der Waals surface area contributed by atoms with Gasteiger partial charge in [-0.1, -0.05) is 91.4 Å². The van der Waals surface area contributed by atoms with Crippen LogP contribution in [0.5, 0.6) is 0 Å². The minimum absolute atomic E-state index is 0.188. The smallest absolute Gasteiger partial charge is 0.123 e. The lowest BCUT2D eigenvalue weighted by molar-refractivity contribution is 0.289. The van der Waals surface area contributed by atoms with Gasteiger partial charge in [-0.25, -0.2) is 4.39 Å². The number of anilines is 2. The Hall–Kier alpha value is -4.43. The molecule has 0 heterocycles. The van der Waals surface area contributed by atoms with Crippen molar-refractivity contribution in [2.45, 2.75) is 43.1 Å². The third-order valence-corrected chi connectivity index (χ3v) is 11.4. The molecule has 0 aliphatic heterocycles. The van der Waals surface area contributed by atoms with E-state index in [1.54, 1.807) is 17.7 Å². The lowest BCUT2D eigenvalue weighted by Gasteiger charge is -2.44. The minimum atomic E-state index is -0.240. The molecular weight excluding hydrogens is 525 g/mol. The summed E-state index contributed by atoms with van der Waals surface area (Å²) < 4.78 is 14.2. The van der Waals surface area contributed by atoms with E-state index in [2.05, 4.69) is 102 Å². The number of hydrogen-bond donors (Lipinski definition) is 0. The molecule has 0 bridgehead atoms. The third-order valence-electron chi connectivity index (χ3n) is 11.4. The molecule has 10 rings (SSSR count). The summed E-state index contributed by atoms with van der Waals surface area (Å²) in [6.07, 6.45) is 18.6. The largest absolute Gasteiger partial charge is 0.338 e. The average Bonchev–Trinajstić information content (AvgIpc) is 3.65. The second-order valence-corrected chi connectivity index (χ2v) is 13.2. The van der Waals surface area contributed by atoms with Crippen molar-refractivity contribution >= 4 is 16.9 Å². The van der Waals surface area contributed by atoms with E-state index in [4.69, 9.17) is 0 Å². The van der Waals surface area contributed by atoms with Crippen LogP contribution in [0.25, 0.3) is 16.7 Å². The maximum atomic E-state index is 14.2. The van der Waals surface area contributed by atoms with Gasteiger partial charge in [0.05, 0.1) is 5.41 Å². The van der Waals surface area contributed by atoms with Gasteiger partial charge in [0.1, 0.15) is 5.82 Å². The number of hydrogen-bond acceptors (Lipinski definition) is 1. The molecule has 43 heavy (non-hydrogen) atoms. The number of rotatable bonds is 3. The van der Waals surface area contributed by atoms with Gasteiger partial charge in [-0.05, 0) is 112 Å². The topological polar surface area (TPSA) is 3.24 Å². The SMILES string of the molecule is Fc1ccc(N(c2ccc3c(c2)[C@]24C5=C(C=CCC53)c3cccc(c32)-c2ccccc24)C2CCC[C@H]3C=CC=CC23)cc1. The highest BCUT2D eigenvalue weighted by Gasteiger charge is 2.60. The molecule has 208 valence electrons. The van der Waals surface area contributed by atoms with E-state index in [-0.39, 0.29) is 11.2 Å². The molecule has 0 aromatic heterocycles. The fourth-order valence-corrected chi connectivity index (χ4v) is 9.87. The Bertz CT molecular complexity index is 1970. The maximum absolute atomic E-state index is 14.2. The second kappa shape index (κ2) is 8.57. The van der Waals surface area contributed by atoms with E-state index in [0.29, 0.717) is 23.8 Å². The van der Waals surface area contributed by atoms with Gasteiger partial charge >= 0.3 is 0 Å². The van der Waals surface area contributed by atoms with Crippen molar-refractivity contribution in [3.63, 3.8) is 0 Å². The Labute approximate surface area is 252 Å². The van der Waals surface area contributed by atoms with Crippen LogP contribution in [0, 0.1) is 17.7 Å². The first-order valence-corrected chi connectivity index (χ1v) is 15.9. The molecule has 0 radical (unpaired) electrons. The van der Waals surface area contributed by atoms with Crippen LogP contribution in [0.1, 0.15) is 59.4 Å². The van der Waals surface area contributed by atoms with Crippen molar-refractivity contribution in [1.82, 2.24) is 0 Å². The third kappa shape index (κ3) is 2.97. The summed E-state index contributed by atoms with van der Waals surface area (Å²) in [4.78, 5) is 2.55. The summed E-state index contributed by atoms with van der Waals surface area (Å²) in [6, 6.07) is 30.9. The van der Waals surface area contributed by atoms with Crippen molar-refractivity contribution < 1.29 is 4.39 Å². The molecule has 0 amide bonds. The Morgan fingerprint density at radius 2 is 1.56 bits per heavy atom. The number of nitrogens with zero attached hydrogens (tertiary/aromatic N) is 1. The zero-order valence-corrected chi connectivity index (χ0v) is 24.0. The average molecular weight is 558 g/mol. The highest BCUT2D eigenvalue weighted by atomic mass is 19.1. The van der Waals surface area contributed by atoms with Crippen LogP contribution in [0.4, 0.5) is 15.8 Å². The molecule has 1 nitrogen and oxygen atoms in total. The van der Waals surface area contributed by atoms with Crippen LogP contribution in [0.15, 0.2) is 127 Å². The van der Waals surface area contributed by atoms with Gasteiger partial charge in [-0.2, -0.15) is 0 Å². The molecule has 2 heteroatoms. The van der Waals surface area contributed by atoms with Gasteiger partial charge in [0, 0.05) is 29.3 Å². The summed E-state index contributed by atoms with van der Waals surface area (Å²) in [6.45, 7) is 0. The summed E-state index contributed by atoms with van der Waals surface area (Å²) in [5.74, 6) is 1.18. The van der Waals surface area contributed by atoms with Gasteiger partial charge in [-0.3, -0.25) is 0 Å². The van der Waals surface area contributed by atoms with E-state index in [1.807, 2.05) is 12.1 Å². The van der Waals surface area contributed by atoms with Crippen LogP contribution in [-0.4, -0.2) is 6.04 Å². The van der Waals surface area contributed by atoms with E-state index >= 15 is 0 Å². The molecule has 5 atom stereocenters. The molecule has 6 aliphatic carbocycles. The Balaban J connectivity index is 1.23. The first-order valence-electron chi connectivity index (χ1n) is 15.9. The van der Waals surface area contributed by atoms with Crippen molar-refractivity contribution in [1.29, 1.82) is 0 Å². The van der Waals surface area contributed by atoms with Crippen LogP contribution < -0.4 is 4.90 Å². The number of halogens is 1. The molecule has 0 N–H and O–H groups in total. The van der Waals surface area contributed by atoms with Crippen molar-refractivity contribution in [2.24, 2.45) is 11.8 Å². The van der Waals surface area contributed by atoms with Crippen LogP contribution in [0.3, 0.4) is 0 Å². The number of benzene rings is 4. The van der Waals surface area contributed by atoms with Crippen molar-refractivity contribution in [2.75, 3.05) is 4.90 Å². The maximum Gasteiger partial charge on any atom is 0.123 e. The predicted octanol–water partition coefficient (Wildman–Crippen LogP) is 10.0. The lowest BCUT2D eigenvalue weighted by Crippen LogP contribution is -2.43.